The van der Waals surface area contributed by atoms with Crippen molar-refractivity contribution >= 4 is 28.5 Å². The number of rotatable bonds is 1. The summed E-state index contributed by atoms with van der Waals surface area (Å²) in [7, 11) is 0. The summed E-state index contributed by atoms with van der Waals surface area (Å²) < 4.78 is 0. The molecule has 1 fully saturated rings. The summed E-state index contributed by atoms with van der Waals surface area (Å²) in [6.07, 6.45) is 0. The van der Waals surface area contributed by atoms with Crippen LogP contribution in [-0.4, -0.2) is 29.1 Å². The largest absolute Gasteiger partial charge is 0.354 e. The van der Waals surface area contributed by atoms with Crippen LogP contribution in [-0.2, 0) is 0 Å². The first kappa shape index (κ1) is 12.3. The molecule has 1 aliphatic heterocycles. The lowest BCUT2D eigenvalue weighted by Crippen LogP contribution is -2.37. The molecule has 96 valence electrons. The second-order valence-electron chi connectivity index (χ2n) is 4.79. The Morgan fingerprint density at radius 3 is 3.05 bits per heavy atom. The van der Waals surface area contributed by atoms with Gasteiger partial charge in [-0.1, -0.05) is 25.1 Å². The molecule has 1 saturated heterocycles. The highest BCUT2D eigenvalue weighted by Crippen LogP contribution is 2.27. The molecule has 0 amide bonds. The zero-order chi connectivity index (χ0) is 13.2. The summed E-state index contributed by atoms with van der Waals surface area (Å²) in [5, 5.41) is 11.0. The van der Waals surface area contributed by atoms with Crippen LogP contribution in [0.5, 0.6) is 0 Å². The van der Waals surface area contributed by atoms with Crippen molar-refractivity contribution in [1.29, 1.82) is 5.26 Å². The third kappa shape index (κ3) is 2.39. The molecule has 1 unspecified atom stereocenters. The van der Waals surface area contributed by atoms with Crippen LogP contribution in [0.3, 0.4) is 0 Å². The second kappa shape index (κ2) is 5.10. The van der Waals surface area contributed by atoms with E-state index in [1.807, 2.05) is 42.1 Å². The van der Waals surface area contributed by atoms with Gasteiger partial charge < -0.3 is 4.90 Å². The van der Waals surface area contributed by atoms with Gasteiger partial charge in [0, 0.05) is 29.5 Å². The molecule has 0 saturated carbocycles. The van der Waals surface area contributed by atoms with Crippen molar-refractivity contribution in [2.45, 2.75) is 12.2 Å². The van der Waals surface area contributed by atoms with Crippen molar-refractivity contribution in [2.24, 2.45) is 0 Å². The van der Waals surface area contributed by atoms with Crippen LogP contribution in [0.15, 0.2) is 30.3 Å². The second-order valence-corrected chi connectivity index (χ2v) is 6.34. The van der Waals surface area contributed by atoms with E-state index in [0.29, 0.717) is 10.8 Å². The number of fused-ring (bicyclic) bond motifs is 1. The average Bonchev–Trinajstić information content (AvgIpc) is 2.46. The number of hydrogen-bond donors (Lipinski definition) is 0. The van der Waals surface area contributed by atoms with E-state index in [0.717, 1.165) is 35.6 Å². The first-order chi connectivity index (χ1) is 9.28. The van der Waals surface area contributed by atoms with E-state index in [-0.39, 0.29) is 0 Å². The van der Waals surface area contributed by atoms with Gasteiger partial charge >= 0.3 is 0 Å². The molecule has 1 aromatic carbocycles. The Morgan fingerprint density at radius 2 is 2.26 bits per heavy atom. The van der Waals surface area contributed by atoms with Gasteiger partial charge in [-0.15, -0.1) is 0 Å². The molecule has 0 spiro atoms. The number of aromatic nitrogens is 1. The lowest BCUT2D eigenvalue weighted by atomic mass is 10.1. The van der Waals surface area contributed by atoms with E-state index in [1.165, 1.54) is 0 Å². The normalized spacial score (nSPS) is 19.4. The Labute approximate surface area is 117 Å². The first-order valence-corrected chi connectivity index (χ1v) is 7.49. The fraction of sp³-hybridized carbons (Fsp3) is 0.333. The maximum atomic E-state index is 9.35. The number of pyridine rings is 1. The van der Waals surface area contributed by atoms with Crippen molar-refractivity contribution in [3.05, 3.63) is 35.9 Å². The minimum Gasteiger partial charge on any atom is -0.354 e. The molecule has 1 aromatic heterocycles. The van der Waals surface area contributed by atoms with Gasteiger partial charge in [-0.3, -0.25) is 0 Å². The standard InChI is InChI=1S/C15H15N3S/c1-11-10-18(6-7-19-11)15-13(9-16)8-12-4-2-3-5-14(12)17-15/h2-5,8,11H,6-7,10H2,1H3. The van der Waals surface area contributed by atoms with Crippen LogP contribution in [0.2, 0.25) is 0 Å². The number of nitrogens with zero attached hydrogens (tertiary/aromatic N) is 3. The van der Waals surface area contributed by atoms with Gasteiger partial charge in [-0.2, -0.15) is 17.0 Å². The lowest BCUT2D eigenvalue weighted by Gasteiger charge is -2.32. The summed E-state index contributed by atoms with van der Waals surface area (Å²) >= 11 is 1.98. The Kier molecular flexibility index (Phi) is 3.31. The Morgan fingerprint density at radius 1 is 1.42 bits per heavy atom. The number of hydrogen-bond acceptors (Lipinski definition) is 4. The molecule has 0 radical (unpaired) electrons. The summed E-state index contributed by atoms with van der Waals surface area (Å²) in [6.45, 7) is 4.16. The van der Waals surface area contributed by atoms with E-state index >= 15 is 0 Å². The van der Waals surface area contributed by atoms with Crippen LogP contribution in [0, 0.1) is 11.3 Å². The molecular weight excluding hydrogens is 254 g/mol. The van der Waals surface area contributed by atoms with Crippen LogP contribution in [0.1, 0.15) is 12.5 Å². The lowest BCUT2D eigenvalue weighted by molar-refractivity contribution is 0.771. The number of thioether (sulfide) groups is 1. The SMILES string of the molecule is CC1CN(c2nc3ccccc3cc2C#N)CCS1. The minimum atomic E-state index is 0.591. The number of nitriles is 1. The molecule has 0 aliphatic carbocycles. The fourth-order valence-electron chi connectivity index (χ4n) is 2.44. The molecule has 0 N–H and O–H groups in total. The number of anilines is 1. The molecule has 3 rings (SSSR count). The van der Waals surface area contributed by atoms with Crippen molar-refractivity contribution in [3.8, 4) is 6.07 Å². The quantitative estimate of drug-likeness (QED) is 0.797. The fourth-order valence-corrected chi connectivity index (χ4v) is 3.45. The molecule has 3 nitrogen and oxygen atoms in total. The van der Waals surface area contributed by atoms with E-state index < -0.39 is 0 Å². The third-order valence-corrected chi connectivity index (χ3v) is 4.50. The van der Waals surface area contributed by atoms with E-state index in [1.54, 1.807) is 0 Å². The predicted octanol–water partition coefficient (Wildman–Crippen LogP) is 3.05. The van der Waals surface area contributed by atoms with Gasteiger partial charge in [0.25, 0.3) is 0 Å². The summed E-state index contributed by atoms with van der Waals surface area (Å²) in [5.41, 5.74) is 1.64. The van der Waals surface area contributed by atoms with Gasteiger partial charge in [0.2, 0.25) is 0 Å². The van der Waals surface area contributed by atoms with Crippen LogP contribution >= 0.6 is 11.8 Å². The third-order valence-electron chi connectivity index (χ3n) is 3.36. The molecule has 1 aliphatic rings. The number of benzene rings is 1. The maximum absolute atomic E-state index is 9.35. The highest BCUT2D eigenvalue weighted by atomic mass is 32.2. The van der Waals surface area contributed by atoms with Gasteiger partial charge in [-0.25, -0.2) is 4.98 Å². The van der Waals surface area contributed by atoms with Crippen LogP contribution in [0.4, 0.5) is 5.82 Å². The molecule has 2 aromatic rings. The predicted molar refractivity (Wildman–Crippen MR) is 80.6 cm³/mol. The van der Waals surface area contributed by atoms with Crippen molar-refractivity contribution in [3.63, 3.8) is 0 Å². The molecular formula is C15H15N3S. The van der Waals surface area contributed by atoms with Gasteiger partial charge in [0.1, 0.15) is 11.9 Å². The first-order valence-electron chi connectivity index (χ1n) is 6.44. The molecule has 1 atom stereocenters. The maximum Gasteiger partial charge on any atom is 0.147 e. The van der Waals surface area contributed by atoms with E-state index in [4.69, 9.17) is 4.98 Å². The monoisotopic (exact) mass is 269 g/mol. The summed E-state index contributed by atoms with van der Waals surface area (Å²) in [4.78, 5) is 6.94. The minimum absolute atomic E-state index is 0.591. The van der Waals surface area contributed by atoms with Gasteiger partial charge in [0.15, 0.2) is 0 Å². The van der Waals surface area contributed by atoms with Gasteiger partial charge in [-0.05, 0) is 12.1 Å². The molecule has 2 heterocycles. The van der Waals surface area contributed by atoms with E-state index in [9.17, 15) is 5.26 Å². The van der Waals surface area contributed by atoms with Crippen LogP contribution < -0.4 is 4.90 Å². The Bertz CT molecular complexity index is 647. The highest BCUT2D eigenvalue weighted by molar-refractivity contribution is 8.00. The van der Waals surface area contributed by atoms with Gasteiger partial charge in [0.05, 0.1) is 11.1 Å². The summed E-state index contributed by atoms with van der Waals surface area (Å²) in [5.74, 6) is 1.94. The topological polar surface area (TPSA) is 39.9 Å². The molecule has 4 heteroatoms. The Hall–Kier alpha value is -1.73. The van der Waals surface area contributed by atoms with Crippen molar-refractivity contribution in [1.82, 2.24) is 4.98 Å². The van der Waals surface area contributed by atoms with E-state index in [2.05, 4.69) is 17.9 Å². The average molecular weight is 269 g/mol. The summed E-state index contributed by atoms with van der Waals surface area (Å²) in [6, 6.07) is 12.2. The smallest absolute Gasteiger partial charge is 0.147 e. The molecule has 19 heavy (non-hydrogen) atoms. The molecule has 0 bridgehead atoms. The number of para-hydroxylation sites is 1. The zero-order valence-corrected chi connectivity index (χ0v) is 11.7. The van der Waals surface area contributed by atoms with Crippen molar-refractivity contribution < 1.29 is 0 Å². The van der Waals surface area contributed by atoms with Crippen molar-refractivity contribution in [2.75, 3.05) is 23.7 Å². The highest BCUT2D eigenvalue weighted by Gasteiger charge is 2.20. The van der Waals surface area contributed by atoms with Crippen LogP contribution in [0.25, 0.3) is 10.9 Å². The zero-order valence-electron chi connectivity index (χ0n) is 10.8. The Balaban J connectivity index is 2.08.